The summed E-state index contributed by atoms with van der Waals surface area (Å²) in [5, 5.41) is 3.26. The number of rotatable bonds is 5. The molecule has 2 aromatic heterocycles. The number of pyridine rings is 1. The van der Waals surface area contributed by atoms with E-state index in [4.69, 9.17) is 4.98 Å². The Morgan fingerprint density at radius 3 is 2.59 bits per heavy atom. The van der Waals surface area contributed by atoms with Gasteiger partial charge >= 0.3 is 0 Å². The lowest BCUT2D eigenvalue weighted by molar-refractivity contribution is 0.131. The molecule has 5 rings (SSSR count). The van der Waals surface area contributed by atoms with Crippen molar-refractivity contribution in [3.8, 4) is 0 Å². The molecule has 0 amide bonds. The second-order valence-electron chi connectivity index (χ2n) is 9.57. The van der Waals surface area contributed by atoms with Gasteiger partial charge in [0, 0.05) is 31.0 Å². The van der Waals surface area contributed by atoms with E-state index >= 15 is 0 Å². The van der Waals surface area contributed by atoms with Crippen LogP contribution in [0.15, 0.2) is 42.6 Å². The van der Waals surface area contributed by atoms with E-state index in [2.05, 4.69) is 63.9 Å². The van der Waals surface area contributed by atoms with Crippen molar-refractivity contribution in [2.45, 2.75) is 85.4 Å². The maximum Gasteiger partial charge on any atom is 0.123 e. The first-order chi connectivity index (χ1) is 16.7. The Morgan fingerprint density at radius 1 is 1.03 bits per heavy atom. The fraction of sp³-hybridized carbons (Fsp3) is 0.586. The van der Waals surface area contributed by atoms with Gasteiger partial charge in [0.05, 0.1) is 17.6 Å². The third-order valence-corrected chi connectivity index (χ3v) is 6.88. The smallest absolute Gasteiger partial charge is 0.123 e. The van der Waals surface area contributed by atoms with Crippen molar-refractivity contribution in [3.63, 3.8) is 0 Å². The van der Waals surface area contributed by atoms with Gasteiger partial charge in [-0.2, -0.15) is 0 Å². The number of hydrogen-bond acceptors (Lipinski definition) is 4. The van der Waals surface area contributed by atoms with E-state index in [1.165, 1.54) is 68.4 Å². The third-order valence-electron chi connectivity index (χ3n) is 6.88. The fourth-order valence-electron chi connectivity index (χ4n) is 5.13. The van der Waals surface area contributed by atoms with E-state index in [9.17, 15) is 0 Å². The SMILES string of the molecule is CC.CNCc1nc2ccccc2n1CC1CCCN(C(C)C)C1.c1cnc2c(c1)CCCC2. The predicted octanol–water partition coefficient (Wildman–Crippen LogP) is 5.86. The number of para-hydroxylation sites is 2. The number of benzene rings is 1. The maximum atomic E-state index is 4.81. The number of nitrogens with zero attached hydrogens (tertiary/aromatic N) is 4. The molecule has 2 aliphatic rings. The molecule has 3 aromatic rings. The molecule has 1 fully saturated rings. The monoisotopic (exact) mass is 463 g/mol. The Balaban J connectivity index is 0.000000224. The molecule has 34 heavy (non-hydrogen) atoms. The Labute approximate surface area is 207 Å². The van der Waals surface area contributed by atoms with Crippen LogP contribution < -0.4 is 5.32 Å². The lowest BCUT2D eigenvalue weighted by Crippen LogP contribution is -2.41. The second kappa shape index (κ2) is 13.6. The highest BCUT2D eigenvalue weighted by atomic mass is 15.2. The standard InChI is InChI=1S/C18H28N4.C9H11N.C2H6/c1-14(2)21-10-6-7-15(12-21)13-22-17-9-5-4-8-16(17)20-18(22)11-19-3;1-2-6-9-8(4-1)5-3-7-10-9;1-2/h4-5,8-9,14-15,19H,6-7,10-13H2,1-3H3;3,5,7H,1-2,4,6H2;1-2H3. The molecule has 1 N–H and O–H groups in total. The quantitative estimate of drug-likeness (QED) is 0.514. The van der Waals surface area contributed by atoms with Gasteiger partial charge in [-0.15, -0.1) is 0 Å². The van der Waals surface area contributed by atoms with E-state index in [0.717, 1.165) is 30.3 Å². The number of likely N-dealkylation sites (tertiary alicyclic amines) is 1. The zero-order chi connectivity index (χ0) is 24.3. The average Bonchev–Trinajstić information content (AvgIpc) is 3.23. The van der Waals surface area contributed by atoms with Crippen LogP contribution in [0.5, 0.6) is 0 Å². The van der Waals surface area contributed by atoms with Gasteiger partial charge in [0.1, 0.15) is 5.82 Å². The van der Waals surface area contributed by atoms with Crippen LogP contribution in [0, 0.1) is 5.92 Å². The highest BCUT2D eigenvalue weighted by molar-refractivity contribution is 5.75. The van der Waals surface area contributed by atoms with E-state index in [1.807, 2.05) is 33.2 Å². The minimum Gasteiger partial charge on any atom is -0.327 e. The summed E-state index contributed by atoms with van der Waals surface area (Å²) in [6, 6.07) is 13.4. The van der Waals surface area contributed by atoms with E-state index in [0.29, 0.717) is 6.04 Å². The zero-order valence-electron chi connectivity index (χ0n) is 22.1. The highest BCUT2D eigenvalue weighted by Gasteiger charge is 2.23. The second-order valence-corrected chi connectivity index (χ2v) is 9.57. The molecule has 1 unspecified atom stereocenters. The first-order valence-corrected chi connectivity index (χ1v) is 13.4. The summed E-state index contributed by atoms with van der Waals surface area (Å²) in [7, 11) is 1.99. The first-order valence-electron chi connectivity index (χ1n) is 13.4. The van der Waals surface area contributed by atoms with E-state index in [1.54, 1.807) is 0 Å². The molecule has 0 saturated carbocycles. The highest BCUT2D eigenvalue weighted by Crippen LogP contribution is 2.24. The predicted molar refractivity (Wildman–Crippen MR) is 144 cm³/mol. The maximum absolute atomic E-state index is 4.81. The van der Waals surface area contributed by atoms with Gasteiger partial charge in [-0.3, -0.25) is 4.98 Å². The molecule has 186 valence electrons. The summed E-state index contributed by atoms with van der Waals surface area (Å²) in [5.41, 5.74) is 5.18. The molecule has 1 aliphatic carbocycles. The summed E-state index contributed by atoms with van der Waals surface area (Å²) in [6.45, 7) is 13.0. The molecule has 3 heterocycles. The minimum absolute atomic E-state index is 0.652. The van der Waals surface area contributed by atoms with E-state index < -0.39 is 0 Å². The number of piperidine rings is 1. The summed E-state index contributed by atoms with van der Waals surface area (Å²) in [5.74, 6) is 1.88. The number of aromatic nitrogens is 3. The van der Waals surface area contributed by atoms with Crippen LogP contribution in [-0.4, -0.2) is 45.6 Å². The van der Waals surface area contributed by atoms with Crippen LogP contribution in [-0.2, 0) is 25.9 Å². The van der Waals surface area contributed by atoms with Gasteiger partial charge in [0.15, 0.2) is 0 Å². The first kappa shape index (κ1) is 26.4. The van der Waals surface area contributed by atoms with Crippen LogP contribution in [0.3, 0.4) is 0 Å². The molecule has 1 aromatic carbocycles. The molecule has 5 heteroatoms. The lowest BCUT2D eigenvalue weighted by atomic mass is 9.96. The van der Waals surface area contributed by atoms with Crippen LogP contribution in [0.2, 0.25) is 0 Å². The van der Waals surface area contributed by atoms with Crippen molar-refractivity contribution in [2.75, 3.05) is 20.1 Å². The number of aryl methyl sites for hydroxylation is 2. The molecule has 0 bridgehead atoms. The van der Waals surface area contributed by atoms with Crippen molar-refractivity contribution in [3.05, 3.63) is 59.7 Å². The van der Waals surface area contributed by atoms with Crippen LogP contribution in [0.1, 0.15) is 70.5 Å². The third kappa shape index (κ3) is 6.89. The summed E-state index contributed by atoms with van der Waals surface area (Å²) >= 11 is 0. The summed E-state index contributed by atoms with van der Waals surface area (Å²) in [6.07, 6.45) is 9.64. The van der Waals surface area contributed by atoms with Crippen LogP contribution in [0.25, 0.3) is 11.0 Å². The van der Waals surface area contributed by atoms with Crippen molar-refractivity contribution >= 4 is 11.0 Å². The molecule has 1 aliphatic heterocycles. The molecular formula is C29H45N5. The van der Waals surface area contributed by atoms with Crippen molar-refractivity contribution in [2.24, 2.45) is 5.92 Å². The molecule has 1 atom stereocenters. The molecule has 1 saturated heterocycles. The van der Waals surface area contributed by atoms with Crippen LogP contribution >= 0.6 is 0 Å². The Bertz CT molecular complexity index is 968. The van der Waals surface area contributed by atoms with Gasteiger partial charge < -0.3 is 14.8 Å². The number of nitrogens with one attached hydrogen (secondary N) is 1. The summed E-state index contributed by atoms with van der Waals surface area (Å²) < 4.78 is 2.43. The zero-order valence-corrected chi connectivity index (χ0v) is 22.1. The Kier molecular flexibility index (Phi) is 10.5. The number of hydrogen-bond donors (Lipinski definition) is 1. The van der Waals surface area contributed by atoms with Crippen LogP contribution in [0.4, 0.5) is 0 Å². The van der Waals surface area contributed by atoms with Crippen molar-refractivity contribution in [1.29, 1.82) is 0 Å². The Hall–Kier alpha value is -2.24. The average molecular weight is 464 g/mol. The van der Waals surface area contributed by atoms with E-state index in [-0.39, 0.29) is 0 Å². The number of fused-ring (bicyclic) bond motifs is 2. The van der Waals surface area contributed by atoms with Crippen molar-refractivity contribution in [1.82, 2.24) is 24.8 Å². The summed E-state index contributed by atoms with van der Waals surface area (Å²) in [4.78, 5) is 11.7. The molecule has 0 spiro atoms. The topological polar surface area (TPSA) is 46.0 Å². The van der Waals surface area contributed by atoms with Gasteiger partial charge in [-0.25, -0.2) is 4.98 Å². The lowest BCUT2D eigenvalue weighted by Gasteiger charge is -2.35. The normalized spacial score (nSPS) is 18.0. The fourth-order valence-corrected chi connectivity index (χ4v) is 5.13. The van der Waals surface area contributed by atoms with Gasteiger partial charge in [0.2, 0.25) is 0 Å². The van der Waals surface area contributed by atoms with Gasteiger partial charge in [-0.1, -0.05) is 32.0 Å². The van der Waals surface area contributed by atoms with Gasteiger partial charge in [-0.05, 0) is 95.6 Å². The molecule has 0 radical (unpaired) electrons. The van der Waals surface area contributed by atoms with Gasteiger partial charge in [0.25, 0.3) is 0 Å². The number of imidazole rings is 1. The van der Waals surface area contributed by atoms with Crippen molar-refractivity contribution < 1.29 is 0 Å². The minimum atomic E-state index is 0.652. The Morgan fingerprint density at radius 2 is 1.82 bits per heavy atom. The molecule has 5 nitrogen and oxygen atoms in total. The molecular weight excluding hydrogens is 418 g/mol. The largest absolute Gasteiger partial charge is 0.327 e.